The summed E-state index contributed by atoms with van der Waals surface area (Å²) < 4.78 is 29.7. The Morgan fingerprint density at radius 1 is 1.28 bits per heavy atom. The van der Waals surface area contributed by atoms with Crippen LogP contribution in [0.2, 0.25) is 0 Å². The fourth-order valence-electron chi connectivity index (χ4n) is 2.59. The number of benzene rings is 1. The van der Waals surface area contributed by atoms with Crippen molar-refractivity contribution in [1.29, 1.82) is 0 Å². The molecule has 0 saturated heterocycles. The minimum atomic E-state index is -0.652. The summed E-state index contributed by atoms with van der Waals surface area (Å²) in [7, 11) is 3.38. The van der Waals surface area contributed by atoms with E-state index in [9.17, 15) is 13.6 Å². The number of amides is 1. The molecule has 0 aliphatic carbocycles. The van der Waals surface area contributed by atoms with Crippen molar-refractivity contribution in [3.63, 3.8) is 0 Å². The molecule has 0 bridgehead atoms. The molecule has 25 heavy (non-hydrogen) atoms. The summed E-state index contributed by atoms with van der Waals surface area (Å²) in [4.78, 5) is 22.1. The molecule has 0 aliphatic rings. The van der Waals surface area contributed by atoms with Gasteiger partial charge in [-0.25, -0.2) is 18.7 Å². The monoisotopic (exact) mass is 345 g/mol. The molecule has 1 amide bonds. The van der Waals surface area contributed by atoms with Crippen molar-refractivity contribution < 1.29 is 13.6 Å². The van der Waals surface area contributed by atoms with Crippen molar-refractivity contribution in [2.24, 2.45) is 0 Å². The predicted molar refractivity (Wildman–Crippen MR) is 88.1 cm³/mol. The maximum absolute atomic E-state index is 14.0. The van der Waals surface area contributed by atoms with Crippen molar-refractivity contribution >= 4 is 11.7 Å². The van der Waals surface area contributed by atoms with Crippen LogP contribution in [0, 0.1) is 11.6 Å². The molecule has 1 N–H and O–H groups in total. The number of halogens is 2. The highest BCUT2D eigenvalue weighted by molar-refractivity contribution is 5.92. The van der Waals surface area contributed by atoms with E-state index in [1.165, 1.54) is 18.2 Å². The lowest BCUT2D eigenvalue weighted by Gasteiger charge is -2.25. The second-order valence-corrected chi connectivity index (χ2v) is 5.78. The maximum atomic E-state index is 14.0. The molecule has 0 aliphatic heterocycles. The quantitative estimate of drug-likeness (QED) is 0.769. The van der Waals surface area contributed by atoms with E-state index in [2.05, 4.69) is 15.3 Å². The van der Waals surface area contributed by atoms with Crippen molar-refractivity contribution in [1.82, 2.24) is 24.6 Å². The second kappa shape index (κ2) is 6.94. The topological polar surface area (TPSA) is 62.5 Å². The number of carbonyl (C=O) groups excluding carboxylic acids is 1. The zero-order valence-electron chi connectivity index (χ0n) is 13.8. The van der Waals surface area contributed by atoms with Gasteiger partial charge in [-0.2, -0.15) is 0 Å². The molecule has 2 aromatic heterocycles. The summed E-state index contributed by atoms with van der Waals surface area (Å²) in [5.74, 6) is -1.33. The first-order valence-electron chi connectivity index (χ1n) is 7.65. The minimum absolute atomic E-state index is 0.0327. The smallest absolute Gasteiger partial charge is 0.271 e. The summed E-state index contributed by atoms with van der Waals surface area (Å²) in [6.07, 6.45) is 4.85. The van der Waals surface area contributed by atoms with Gasteiger partial charge in [0.2, 0.25) is 5.78 Å². The summed E-state index contributed by atoms with van der Waals surface area (Å²) in [5, 5.41) is 2.68. The van der Waals surface area contributed by atoms with Gasteiger partial charge in [0, 0.05) is 30.7 Å². The SMILES string of the molecule is CN(C)[C@H](CNC(=O)c1cn2cccnc2n1)c1c(F)cccc1F. The fraction of sp³-hybridized carbons (Fsp3) is 0.235. The number of hydrogen-bond donors (Lipinski definition) is 1. The van der Waals surface area contributed by atoms with Crippen LogP contribution in [0.4, 0.5) is 8.78 Å². The lowest BCUT2D eigenvalue weighted by molar-refractivity contribution is 0.0936. The number of nitrogens with zero attached hydrogens (tertiary/aromatic N) is 4. The molecule has 2 heterocycles. The lowest BCUT2D eigenvalue weighted by atomic mass is 10.0. The third-order valence-electron chi connectivity index (χ3n) is 3.88. The van der Waals surface area contributed by atoms with E-state index in [1.807, 2.05) is 0 Å². The summed E-state index contributed by atoms with van der Waals surface area (Å²) in [5.41, 5.74) is 0.106. The Bertz CT molecular complexity index is 856. The van der Waals surface area contributed by atoms with E-state index in [0.717, 1.165) is 0 Å². The van der Waals surface area contributed by atoms with Crippen LogP contribution < -0.4 is 5.32 Å². The zero-order valence-corrected chi connectivity index (χ0v) is 13.8. The highest BCUT2D eigenvalue weighted by Crippen LogP contribution is 2.24. The zero-order chi connectivity index (χ0) is 18.0. The number of fused-ring (bicyclic) bond motifs is 1. The molecular weight excluding hydrogens is 328 g/mol. The van der Waals surface area contributed by atoms with Gasteiger partial charge in [0.25, 0.3) is 5.91 Å². The Hall–Kier alpha value is -2.87. The highest BCUT2D eigenvalue weighted by atomic mass is 19.1. The van der Waals surface area contributed by atoms with Crippen molar-refractivity contribution in [3.05, 3.63) is 65.7 Å². The number of likely N-dealkylation sites (N-methyl/N-ethyl adjacent to an activating group) is 1. The molecule has 0 saturated carbocycles. The predicted octanol–water partition coefficient (Wildman–Crippen LogP) is 2.04. The van der Waals surface area contributed by atoms with Crippen molar-refractivity contribution in [2.45, 2.75) is 6.04 Å². The maximum Gasteiger partial charge on any atom is 0.271 e. The largest absolute Gasteiger partial charge is 0.349 e. The normalized spacial score (nSPS) is 12.5. The number of hydrogen-bond acceptors (Lipinski definition) is 4. The molecule has 0 fully saturated rings. The third-order valence-corrected chi connectivity index (χ3v) is 3.88. The summed E-state index contributed by atoms with van der Waals surface area (Å²) in [6, 6.07) is 4.78. The van der Waals surface area contributed by atoms with Crippen LogP contribution in [0.15, 0.2) is 42.9 Å². The van der Waals surface area contributed by atoms with Crippen LogP contribution in [-0.2, 0) is 0 Å². The molecule has 3 rings (SSSR count). The van der Waals surface area contributed by atoms with Gasteiger partial charge in [-0.1, -0.05) is 6.07 Å². The number of rotatable bonds is 5. The average Bonchev–Trinajstić information content (AvgIpc) is 3.01. The minimum Gasteiger partial charge on any atom is -0.349 e. The van der Waals surface area contributed by atoms with E-state index in [-0.39, 0.29) is 17.8 Å². The lowest BCUT2D eigenvalue weighted by Crippen LogP contribution is -2.35. The van der Waals surface area contributed by atoms with Gasteiger partial charge in [0.15, 0.2) is 0 Å². The van der Waals surface area contributed by atoms with Crippen LogP contribution in [0.25, 0.3) is 5.78 Å². The molecule has 6 nitrogen and oxygen atoms in total. The molecule has 0 spiro atoms. The van der Waals surface area contributed by atoms with Crippen LogP contribution >= 0.6 is 0 Å². The van der Waals surface area contributed by atoms with Crippen molar-refractivity contribution in [3.8, 4) is 0 Å². The number of nitrogens with one attached hydrogen (secondary N) is 1. The van der Waals surface area contributed by atoms with E-state index < -0.39 is 23.6 Å². The molecule has 3 aromatic rings. The number of aromatic nitrogens is 3. The fourth-order valence-corrected chi connectivity index (χ4v) is 2.59. The number of imidazole rings is 1. The molecular formula is C17H17F2N5O. The Balaban J connectivity index is 1.78. The first kappa shape index (κ1) is 17.0. The third kappa shape index (κ3) is 3.48. The van der Waals surface area contributed by atoms with Gasteiger partial charge in [0.05, 0.1) is 6.04 Å². The van der Waals surface area contributed by atoms with Gasteiger partial charge in [0.1, 0.15) is 17.3 Å². The number of carbonyl (C=O) groups is 1. The Morgan fingerprint density at radius 3 is 2.64 bits per heavy atom. The molecule has 1 aromatic carbocycles. The Morgan fingerprint density at radius 2 is 2.00 bits per heavy atom. The standard InChI is InChI=1S/C17H17F2N5O/c1-23(2)14(15-11(18)5-3-6-12(15)19)9-21-16(25)13-10-24-8-4-7-20-17(24)22-13/h3-8,10,14H,9H2,1-2H3,(H,21,25)/t14-/m1/s1. The van der Waals surface area contributed by atoms with Gasteiger partial charge < -0.3 is 10.2 Å². The molecule has 0 unspecified atom stereocenters. The van der Waals surface area contributed by atoms with Crippen LogP contribution in [-0.4, -0.2) is 45.8 Å². The first-order chi connectivity index (χ1) is 12.0. The average molecular weight is 345 g/mol. The van der Waals surface area contributed by atoms with E-state index in [1.54, 1.807) is 48.1 Å². The van der Waals surface area contributed by atoms with E-state index in [0.29, 0.717) is 5.78 Å². The molecule has 1 atom stereocenters. The first-order valence-corrected chi connectivity index (χ1v) is 7.65. The molecule has 8 heteroatoms. The van der Waals surface area contributed by atoms with Crippen LogP contribution in [0.1, 0.15) is 22.1 Å². The Kier molecular flexibility index (Phi) is 4.71. The molecule has 130 valence electrons. The van der Waals surface area contributed by atoms with Crippen LogP contribution in [0.3, 0.4) is 0 Å². The summed E-state index contributed by atoms with van der Waals surface area (Å²) in [6.45, 7) is 0.0327. The highest BCUT2D eigenvalue weighted by Gasteiger charge is 2.23. The Labute approximate surface area is 143 Å². The van der Waals surface area contributed by atoms with Gasteiger partial charge in [-0.05, 0) is 32.3 Å². The van der Waals surface area contributed by atoms with Crippen molar-refractivity contribution in [2.75, 3.05) is 20.6 Å². The van der Waals surface area contributed by atoms with E-state index >= 15 is 0 Å². The molecule has 0 radical (unpaired) electrons. The second-order valence-electron chi connectivity index (χ2n) is 5.78. The van der Waals surface area contributed by atoms with Gasteiger partial charge in [-0.3, -0.25) is 9.20 Å². The van der Waals surface area contributed by atoms with Crippen LogP contribution in [0.5, 0.6) is 0 Å². The van der Waals surface area contributed by atoms with Gasteiger partial charge >= 0.3 is 0 Å². The van der Waals surface area contributed by atoms with E-state index in [4.69, 9.17) is 0 Å². The van der Waals surface area contributed by atoms with Gasteiger partial charge in [-0.15, -0.1) is 0 Å². The summed E-state index contributed by atoms with van der Waals surface area (Å²) >= 11 is 0.